The van der Waals surface area contributed by atoms with Crippen molar-refractivity contribution in [2.24, 2.45) is 5.92 Å². The van der Waals surface area contributed by atoms with E-state index in [0.717, 1.165) is 12.0 Å². The molecule has 4 atom stereocenters. The Hall–Kier alpha value is -2.89. The zero-order valence-electron chi connectivity index (χ0n) is 15.9. The first kappa shape index (κ1) is 18.5. The van der Waals surface area contributed by atoms with Gasteiger partial charge in [-0.2, -0.15) is 0 Å². The first-order valence-corrected chi connectivity index (χ1v) is 9.52. The molecule has 0 saturated heterocycles. The fraction of sp³-hybridized carbons (Fsp3) is 0.364. The van der Waals surface area contributed by atoms with Crippen molar-refractivity contribution < 1.29 is 18.7 Å². The van der Waals surface area contributed by atoms with Crippen LogP contribution in [0.4, 0.5) is 4.39 Å². The van der Waals surface area contributed by atoms with Crippen LogP contribution in [-0.2, 0) is 0 Å². The number of ether oxygens (including phenoxy) is 1. The molecular formula is C22H23FN2O3. The minimum Gasteiger partial charge on any atom is -0.486 e. The smallest absolute Gasteiger partial charge is 0.254 e. The largest absolute Gasteiger partial charge is 0.486 e. The first-order valence-electron chi connectivity index (χ1n) is 9.52. The van der Waals surface area contributed by atoms with E-state index in [9.17, 15) is 14.0 Å². The van der Waals surface area contributed by atoms with Crippen molar-refractivity contribution in [1.29, 1.82) is 0 Å². The number of hydrogen-bond acceptors (Lipinski definition) is 3. The van der Waals surface area contributed by atoms with E-state index >= 15 is 0 Å². The molecule has 2 aromatic rings. The third-order valence-electron chi connectivity index (χ3n) is 5.56. The van der Waals surface area contributed by atoms with Gasteiger partial charge in [-0.05, 0) is 30.0 Å². The number of carbonyl (C=O) groups is 2. The van der Waals surface area contributed by atoms with E-state index in [1.807, 2.05) is 30.3 Å². The summed E-state index contributed by atoms with van der Waals surface area (Å²) in [5.74, 6) is -0.146. The number of halogens is 1. The van der Waals surface area contributed by atoms with Gasteiger partial charge in [0, 0.05) is 24.2 Å². The van der Waals surface area contributed by atoms with Gasteiger partial charge in [0.2, 0.25) is 0 Å². The number of amides is 2. The van der Waals surface area contributed by atoms with Crippen LogP contribution in [0.5, 0.6) is 5.75 Å². The Bertz CT molecular complexity index is 915. The minimum absolute atomic E-state index is 0.170. The molecule has 0 bridgehead atoms. The van der Waals surface area contributed by atoms with Crippen LogP contribution >= 0.6 is 0 Å². The quantitative estimate of drug-likeness (QED) is 0.835. The third kappa shape index (κ3) is 3.23. The highest BCUT2D eigenvalue weighted by atomic mass is 19.1. The van der Waals surface area contributed by atoms with Crippen LogP contribution in [0.2, 0.25) is 0 Å². The number of hydrogen-bond donors (Lipinski definition) is 2. The highest BCUT2D eigenvalue weighted by Gasteiger charge is 2.40. The summed E-state index contributed by atoms with van der Waals surface area (Å²) in [5.41, 5.74) is 2.20. The molecule has 0 unspecified atom stereocenters. The molecule has 1 heterocycles. The van der Waals surface area contributed by atoms with Gasteiger partial charge in [0.1, 0.15) is 18.5 Å². The van der Waals surface area contributed by atoms with Crippen LogP contribution in [0, 0.1) is 5.92 Å². The summed E-state index contributed by atoms with van der Waals surface area (Å²) in [4.78, 5) is 25.2. The van der Waals surface area contributed by atoms with Crippen LogP contribution in [0.1, 0.15) is 51.1 Å². The molecule has 28 heavy (non-hydrogen) atoms. The molecule has 1 aliphatic heterocycles. The summed E-state index contributed by atoms with van der Waals surface area (Å²) < 4.78 is 19.6. The Morgan fingerprint density at radius 1 is 1.18 bits per heavy atom. The molecule has 5 nitrogen and oxygen atoms in total. The molecule has 0 aromatic heterocycles. The molecule has 1 saturated carbocycles. The van der Waals surface area contributed by atoms with Gasteiger partial charge in [-0.15, -0.1) is 0 Å². The van der Waals surface area contributed by atoms with Crippen LogP contribution in [0.3, 0.4) is 0 Å². The molecule has 4 rings (SSSR count). The average molecular weight is 382 g/mol. The highest BCUT2D eigenvalue weighted by Crippen LogP contribution is 2.45. The van der Waals surface area contributed by atoms with Crippen molar-refractivity contribution in [2.45, 2.75) is 31.4 Å². The number of alkyl halides is 1. The second-order valence-corrected chi connectivity index (χ2v) is 7.51. The number of rotatable bonds is 5. The predicted octanol–water partition coefficient (Wildman–Crippen LogP) is 3.05. The zero-order chi connectivity index (χ0) is 19.8. The topological polar surface area (TPSA) is 67.4 Å². The summed E-state index contributed by atoms with van der Waals surface area (Å²) in [5, 5.41) is 5.57. The van der Waals surface area contributed by atoms with Crippen molar-refractivity contribution in [3.8, 4) is 5.75 Å². The predicted molar refractivity (Wildman–Crippen MR) is 104 cm³/mol. The second kappa shape index (κ2) is 7.26. The van der Waals surface area contributed by atoms with Crippen LogP contribution < -0.4 is 15.4 Å². The standard InChI is InChI=1S/C22H23FN2O3/c1-12-8-17(12)25-21(26)14-9-15-19(13-6-4-3-5-7-13)18(11-23)28-20(15)16(10-14)22(27)24-2/h3-7,9-10,12,17-19H,8,11H2,1-2H3,(H,24,27)(H,25,26)/t12-,17-,18-,19+/m0/s1. The number of nitrogens with one attached hydrogen (secondary N) is 2. The van der Waals surface area contributed by atoms with Crippen molar-refractivity contribution in [3.05, 3.63) is 64.7 Å². The van der Waals surface area contributed by atoms with E-state index in [0.29, 0.717) is 22.8 Å². The molecule has 2 N–H and O–H groups in total. The molecule has 2 aromatic carbocycles. The van der Waals surface area contributed by atoms with E-state index in [1.54, 1.807) is 6.07 Å². The van der Waals surface area contributed by atoms with E-state index in [1.165, 1.54) is 13.1 Å². The van der Waals surface area contributed by atoms with Gasteiger partial charge in [0.25, 0.3) is 11.8 Å². The maximum atomic E-state index is 13.8. The molecule has 1 fully saturated rings. The van der Waals surface area contributed by atoms with E-state index in [-0.39, 0.29) is 29.3 Å². The molecule has 6 heteroatoms. The minimum atomic E-state index is -0.734. The third-order valence-corrected chi connectivity index (χ3v) is 5.56. The SMILES string of the molecule is CNC(=O)c1cc(C(=O)N[C@H]2C[C@@H]2C)cc2c1O[C@@H](CF)[C@@H]2c1ccccc1. The normalized spacial score (nSPS) is 24.8. The fourth-order valence-corrected chi connectivity index (χ4v) is 3.82. The lowest BCUT2D eigenvalue weighted by atomic mass is 9.86. The van der Waals surface area contributed by atoms with Crippen molar-refractivity contribution in [1.82, 2.24) is 10.6 Å². The Morgan fingerprint density at radius 2 is 1.89 bits per heavy atom. The molecular weight excluding hydrogens is 359 g/mol. The average Bonchev–Trinajstić information content (AvgIpc) is 3.27. The lowest BCUT2D eigenvalue weighted by Crippen LogP contribution is -2.27. The highest BCUT2D eigenvalue weighted by molar-refractivity contribution is 6.02. The summed E-state index contributed by atoms with van der Waals surface area (Å²) in [6, 6.07) is 12.9. The second-order valence-electron chi connectivity index (χ2n) is 7.51. The van der Waals surface area contributed by atoms with Crippen LogP contribution in [0.25, 0.3) is 0 Å². The Balaban J connectivity index is 1.80. The lowest BCUT2D eigenvalue weighted by Gasteiger charge is -2.16. The molecule has 2 aliphatic rings. The maximum absolute atomic E-state index is 13.8. The first-order chi connectivity index (χ1) is 13.5. The number of fused-ring (bicyclic) bond motifs is 1. The molecule has 1 aliphatic carbocycles. The van der Waals surface area contributed by atoms with E-state index < -0.39 is 12.8 Å². The Kier molecular flexibility index (Phi) is 4.79. The summed E-state index contributed by atoms with van der Waals surface area (Å²) >= 11 is 0. The summed E-state index contributed by atoms with van der Waals surface area (Å²) in [7, 11) is 1.52. The van der Waals surface area contributed by atoms with Gasteiger partial charge in [0.15, 0.2) is 0 Å². The number of benzene rings is 2. The van der Waals surface area contributed by atoms with Crippen molar-refractivity contribution >= 4 is 11.8 Å². The fourth-order valence-electron chi connectivity index (χ4n) is 3.82. The monoisotopic (exact) mass is 382 g/mol. The molecule has 0 radical (unpaired) electrons. The Morgan fingerprint density at radius 3 is 2.50 bits per heavy atom. The number of carbonyl (C=O) groups excluding carboxylic acids is 2. The van der Waals surface area contributed by atoms with Crippen molar-refractivity contribution in [2.75, 3.05) is 13.7 Å². The van der Waals surface area contributed by atoms with Gasteiger partial charge in [-0.1, -0.05) is 37.3 Å². The van der Waals surface area contributed by atoms with Crippen molar-refractivity contribution in [3.63, 3.8) is 0 Å². The summed E-state index contributed by atoms with van der Waals surface area (Å²) in [6.45, 7) is 1.39. The van der Waals surface area contributed by atoms with Crippen LogP contribution in [0.15, 0.2) is 42.5 Å². The van der Waals surface area contributed by atoms with Gasteiger partial charge in [-0.3, -0.25) is 9.59 Å². The lowest BCUT2D eigenvalue weighted by molar-refractivity contribution is 0.0949. The Labute approximate surface area is 163 Å². The van der Waals surface area contributed by atoms with Gasteiger partial charge < -0.3 is 15.4 Å². The van der Waals surface area contributed by atoms with Crippen LogP contribution in [-0.4, -0.2) is 37.7 Å². The zero-order valence-corrected chi connectivity index (χ0v) is 15.9. The maximum Gasteiger partial charge on any atom is 0.254 e. The molecule has 146 valence electrons. The van der Waals surface area contributed by atoms with E-state index in [2.05, 4.69) is 17.6 Å². The van der Waals surface area contributed by atoms with Gasteiger partial charge in [-0.25, -0.2) is 4.39 Å². The molecule has 0 spiro atoms. The van der Waals surface area contributed by atoms with Gasteiger partial charge >= 0.3 is 0 Å². The summed E-state index contributed by atoms with van der Waals surface area (Å²) in [6.07, 6.45) is 0.223. The van der Waals surface area contributed by atoms with E-state index in [4.69, 9.17) is 4.74 Å². The van der Waals surface area contributed by atoms with Gasteiger partial charge in [0.05, 0.1) is 11.5 Å². The molecule has 2 amide bonds.